The van der Waals surface area contributed by atoms with Gasteiger partial charge in [0.15, 0.2) is 5.71 Å². The Morgan fingerprint density at radius 3 is 2.23 bits per heavy atom. The second-order valence-corrected chi connectivity index (χ2v) is 26.0. The SMILES string of the molecule is CN(CCCC(=O)NCC(=O)Nc1ccc(CC[N+]23CC[N+](C)(CC2)CC3)cc1)S(=O)(=O)c1ccc2c(c1)C(C)(C)C(/C=C1C=C(/C=C3/N(CCCS(C)(=O)=O)c4ccccc4C3(C)C)CC/1)=[N+]2C. The van der Waals surface area contributed by atoms with Crippen LogP contribution in [-0.4, -0.2) is 151 Å². The summed E-state index contributed by atoms with van der Waals surface area (Å²) < 4.78 is 57.8. The van der Waals surface area contributed by atoms with Crippen molar-refractivity contribution in [1.29, 1.82) is 0 Å². The number of hydrogen-bond acceptors (Lipinski definition) is 7. The first kappa shape index (κ1) is 50.5. The van der Waals surface area contributed by atoms with E-state index in [-0.39, 0.29) is 47.4 Å². The van der Waals surface area contributed by atoms with Gasteiger partial charge in [-0.2, -0.15) is 4.58 Å². The average molecular weight is 981 g/mol. The van der Waals surface area contributed by atoms with Crippen molar-refractivity contribution in [2.45, 2.75) is 81.9 Å². The number of hydrogen-bond donors (Lipinski definition) is 2. The smallest absolute Gasteiger partial charge is 0.243 e. The molecule has 0 unspecified atom stereocenters. The molecule has 2 bridgehead atoms. The van der Waals surface area contributed by atoms with Crippen LogP contribution in [0.2, 0.25) is 0 Å². The molecule has 0 saturated carbocycles. The third kappa shape index (κ3) is 10.9. The summed E-state index contributed by atoms with van der Waals surface area (Å²) in [5.41, 5.74) is 10.1. The number of quaternary nitrogens is 2. The van der Waals surface area contributed by atoms with Gasteiger partial charge in [-0.05, 0) is 98.2 Å². The van der Waals surface area contributed by atoms with Crippen LogP contribution in [0, 0.1) is 0 Å². The molecule has 69 heavy (non-hydrogen) atoms. The molecule has 2 N–H and O–H groups in total. The molecule has 3 aromatic carbocycles. The molecule has 2 amide bonds. The first-order valence-corrected chi connectivity index (χ1v) is 28.2. The van der Waals surface area contributed by atoms with E-state index in [1.54, 1.807) is 12.1 Å². The normalized spacial score (nSPS) is 23.7. The lowest BCUT2D eigenvalue weighted by atomic mass is 9.81. The van der Waals surface area contributed by atoms with Gasteiger partial charge in [0.2, 0.25) is 27.5 Å². The number of carbonyl (C=O) groups excluding carboxylic acids is 2. The van der Waals surface area contributed by atoms with Crippen LogP contribution in [0.4, 0.5) is 17.1 Å². The third-order valence-corrected chi connectivity index (χ3v) is 18.8. The summed E-state index contributed by atoms with van der Waals surface area (Å²) in [6.45, 7) is 18.1. The molecular formula is C54H74N7O6S2+3. The lowest BCUT2D eigenvalue weighted by molar-refractivity contribution is -1.07. The molecule has 9 rings (SSSR count). The van der Waals surface area contributed by atoms with Crippen molar-refractivity contribution < 1.29 is 40.0 Å². The maximum absolute atomic E-state index is 13.9. The molecule has 5 heterocycles. The zero-order valence-corrected chi connectivity index (χ0v) is 43.7. The van der Waals surface area contributed by atoms with Gasteiger partial charge in [-0.15, -0.1) is 0 Å². The fourth-order valence-electron chi connectivity index (χ4n) is 11.2. The third-order valence-electron chi connectivity index (χ3n) is 15.9. The van der Waals surface area contributed by atoms with Gasteiger partial charge < -0.3 is 24.5 Å². The maximum Gasteiger partial charge on any atom is 0.243 e. The highest BCUT2D eigenvalue weighted by Gasteiger charge is 2.47. The summed E-state index contributed by atoms with van der Waals surface area (Å²) in [6.07, 6.45) is 11.8. The van der Waals surface area contributed by atoms with E-state index in [0.29, 0.717) is 25.1 Å². The minimum atomic E-state index is -3.87. The lowest BCUT2D eigenvalue weighted by Gasteiger charge is -2.54. The molecule has 0 atom stereocenters. The van der Waals surface area contributed by atoms with Crippen LogP contribution < -0.4 is 15.5 Å². The van der Waals surface area contributed by atoms with E-state index in [0.717, 1.165) is 48.5 Å². The minimum absolute atomic E-state index is 0.0808. The number of allylic oxidation sites excluding steroid dienone is 6. The summed E-state index contributed by atoms with van der Waals surface area (Å²) in [6, 6.07) is 21.7. The predicted octanol–water partition coefficient (Wildman–Crippen LogP) is 6.44. The molecule has 13 nitrogen and oxygen atoms in total. The Morgan fingerprint density at radius 2 is 1.54 bits per heavy atom. The monoisotopic (exact) mass is 981 g/mol. The summed E-state index contributed by atoms with van der Waals surface area (Å²) in [7, 11) is -0.993. The van der Waals surface area contributed by atoms with Gasteiger partial charge in [-0.25, -0.2) is 21.1 Å². The highest BCUT2D eigenvalue weighted by Crippen LogP contribution is 2.49. The number of piperazine rings is 3. The van der Waals surface area contributed by atoms with Gasteiger partial charge in [0, 0.05) is 79.4 Å². The highest BCUT2D eigenvalue weighted by molar-refractivity contribution is 7.90. The van der Waals surface area contributed by atoms with Crippen LogP contribution in [0.15, 0.2) is 107 Å². The zero-order chi connectivity index (χ0) is 49.6. The Hall–Kier alpha value is -4.93. The Labute approximate surface area is 411 Å². The number of nitrogens with zero attached hydrogens (tertiary/aromatic N) is 5. The maximum atomic E-state index is 13.9. The van der Waals surface area contributed by atoms with Gasteiger partial charge in [-0.3, -0.25) is 9.59 Å². The average Bonchev–Trinajstić information content (AvgIpc) is 3.90. The molecule has 0 radical (unpaired) electrons. The van der Waals surface area contributed by atoms with Crippen LogP contribution in [0.5, 0.6) is 0 Å². The zero-order valence-electron chi connectivity index (χ0n) is 42.1. The van der Waals surface area contributed by atoms with Gasteiger partial charge in [0.25, 0.3) is 0 Å². The highest BCUT2D eigenvalue weighted by atomic mass is 32.2. The van der Waals surface area contributed by atoms with Crippen molar-refractivity contribution in [3.63, 3.8) is 0 Å². The van der Waals surface area contributed by atoms with Crippen LogP contribution in [-0.2, 0) is 46.7 Å². The van der Waals surface area contributed by atoms with E-state index >= 15 is 0 Å². The number of fused-ring (bicyclic) bond motifs is 5. The number of para-hydroxylation sites is 1. The standard InChI is InChI=1S/C54H72N7O6S2/c1-53(2)45-13-9-10-14-48(45)59(26-12-34-68(8,64)65)50(53)37-42-17-16-41(35-42)36-49-54(3,4)46-38-44(22-23-47(46)58(49)6)69(66,67)57(5)25-11-15-51(62)55-39-52(63)56-43-20-18-40(19-21-43)24-27-61-31-28-60(7,29-32-61)30-33-61/h9-10,13-14,18-23,35-38H,11-12,15-17,24-34,39H2,1-8H3/q+1/p+2. The Balaban J connectivity index is 0.830. The van der Waals surface area contributed by atoms with Crippen molar-refractivity contribution in [2.75, 3.05) is 109 Å². The van der Waals surface area contributed by atoms with E-state index in [1.165, 1.54) is 93.8 Å². The summed E-state index contributed by atoms with van der Waals surface area (Å²) in [5, 5.41) is 5.55. The van der Waals surface area contributed by atoms with E-state index in [2.05, 4.69) is 103 Å². The minimum Gasteiger partial charge on any atom is -0.347 e. The number of benzene rings is 3. The van der Waals surface area contributed by atoms with Crippen molar-refractivity contribution in [3.8, 4) is 0 Å². The Morgan fingerprint density at radius 1 is 0.841 bits per heavy atom. The number of amides is 2. The molecule has 0 spiro atoms. The molecule has 5 aliphatic heterocycles. The van der Waals surface area contributed by atoms with Gasteiger partial charge in [0.05, 0.1) is 36.2 Å². The van der Waals surface area contributed by atoms with Crippen molar-refractivity contribution in [3.05, 3.63) is 118 Å². The number of rotatable bonds is 18. The first-order chi connectivity index (χ1) is 32.5. The number of anilines is 2. The number of sulfone groups is 1. The van der Waals surface area contributed by atoms with E-state index in [1.807, 2.05) is 31.3 Å². The number of carbonyl (C=O) groups is 2. The second-order valence-electron chi connectivity index (χ2n) is 21.7. The van der Waals surface area contributed by atoms with Crippen LogP contribution >= 0.6 is 0 Å². The summed E-state index contributed by atoms with van der Waals surface area (Å²) in [5.74, 6) is -0.488. The molecule has 3 fully saturated rings. The quantitative estimate of drug-likeness (QED) is 0.111. The second kappa shape index (κ2) is 19.3. The predicted molar refractivity (Wildman–Crippen MR) is 276 cm³/mol. The van der Waals surface area contributed by atoms with Crippen LogP contribution in [0.3, 0.4) is 0 Å². The van der Waals surface area contributed by atoms with Gasteiger partial charge in [0.1, 0.15) is 56.2 Å². The number of nitrogens with one attached hydrogen (secondary N) is 2. The number of likely N-dealkylation sites (N-methyl/N-ethyl adjacent to an activating group) is 1. The summed E-state index contributed by atoms with van der Waals surface area (Å²) >= 11 is 0. The fourth-order valence-corrected chi connectivity index (χ4v) is 13.1. The molecule has 370 valence electrons. The molecule has 1 aliphatic carbocycles. The van der Waals surface area contributed by atoms with Gasteiger partial charge in [-0.1, -0.05) is 50.3 Å². The molecule has 6 aliphatic rings. The fraction of sp³-hybridized carbons (Fsp3) is 0.500. The van der Waals surface area contributed by atoms with Crippen LogP contribution in [0.1, 0.15) is 76.5 Å². The molecule has 15 heteroatoms. The lowest BCUT2D eigenvalue weighted by Crippen LogP contribution is -2.73. The largest absolute Gasteiger partial charge is 0.347 e. The van der Waals surface area contributed by atoms with E-state index in [4.69, 9.17) is 0 Å². The number of sulfonamides is 1. The molecule has 3 aromatic rings. The van der Waals surface area contributed by atoms with Crippen molar-refractivity contribution >= 4 is 54.4 Å². The van der Waals surface area contributed by atoms with Crippen molar-refractivity contribution in [1.82, 2.24) is 9.62 Å². The molecule has 0 aromatic heterocycles. The van der Waals surface area contributed by atoms with Crippen LogP contribution in [0.25, 0.3) is 0 Å². The topological polar surface area (TPSA) is 136 Å². The first-order valence-electron chi connectivity index (χ1n) is 24.7. The molecule has 3 saturated heterocycles. The summed E-state index contributed by atoms with van der Waals surface area (Å²) in [4.78, 5) is 27.9. The van der Waals surface area contributed by atoms with E-state index in [9.17, 15) is 26.4 Å². The Kier molecular flexibility index (Phi) is 14.1. The van der Waals surface area contributed by atoms with E-state index < -0.39 is 25.3 Å². The van der Waals surface area contributed by atoms with Crippen molar-refractivity contribution in [2.24, 2.45) is 0 Å². The Bertz CT molecular complexity index is 2840. The van der Waals surface area contributed by atoms with Gasteiger partial charge >= 0.3 is 0 Å². The molecular weight excluding hydrogens is 907 g/mol.